The highest BCUT2D eigenvalue weighted by atomic mass is 35.5. The molecule has 8 heteroatoms. The first-order valence-electron chi connectivity index (χ1n) is 8.49. The van der Waals surface area contributed by atoms with Crippen LogP contribution in [0.25, 0.3) is 11.0 Å². The van der Waals surface area contributed by atoms with E-state index in [0.717, 1.165) is 29.0 Å². The number of hydrogen-bond donors (Lipinski definition) is 3. The average Bonchev–Trinajstić information content (AvgIpc) is 3.09. The molecule has 0 radical (unpaired) electrons. The van der Waals surface area contributed by atoms with Crippen molar-refractivity contribution in [1.82, 2.24) is 15.3 Å². The van der Waals surface area contributed by atoms with Gasteiger partial charge in [-0.3, -0.25) is 10.1 Å². The molecule has 3 aromatic rings. The van der Waals surface area contributed by atoms with E-state index in [-0.39, 0.29) is 18.5 Å². The van der Waals surface area contributed by atoms with Gasteiger partial charge in [0.1, 0.15) is 5.82 Å². The quantitative estimate of drug-likeness (QED) is 0.483. The number of carbonyl (C=O) groups excluding carboxylic acids is 1. The van der Waals surface area contributed by atoms with Crippen LogP contribution in [0.4, 0.5) is 5.69 Å². The number of para-hydroxylation sites is 3. The lowest BCUT2D eigenvalue weighted by Gasteiger charge is -2.16. The molecule has 5 nitrogen and oxygen atoms in total. The smallest absolute Gasteiger partial charge is 0.238 e. The highest BCUT2D eigenvalue weighted by Gasteiger charge is 2.17. The molecule has 1 atom stereocenters. The summed E-state index contributed by atoms with van der Waals surface area (Å²) >= 11 is 14.0. The SMILES string of the molecule is CSCC[C@H](NCC(=O)Nc1c(Cl)cccc1Cl)c1nc2ccccc2[nH]1. The molecule has 0 fully saturated rings. The summed E-state index contributed by atoms with van der Waals surface area (Å²) in [6.07, 6.45) is 2.91. The molecule has 0 saturated carbocycles. The summed E-state index contributed by atoms with van der Waals surface area (Å²) in [7, 11) is 0. The van der Waals surface area contributed by atoms with E-state index in [1.54, 1.807) is 30.0 Å². The second-order valence-electron chi connectivity index (χ2n) is 6.00. The van der Waals surface area contributed by atoms with Gasteiger partial charge in [-0.25, -0.2) is 4.98 Å². The summed E-state index contributed by atoms with van der Waals surface area (Å²) in [5.41, 5.74) is 2.32. The molecular weight excluding hydrogens is 403 g/mol. The molecule has 27 heavy (non-hydrogen) atoms. The number of nitrogens with zero attached hydrogens (tertiary/aromatic N) is 1. The Morgan fingerprint density at radius 1 is 1.19 bits per heavy atom. The van der Waals surface area contributed by atoms with Crippen LogP contribution in [0, 0.1) is 0 Å². The third-order valence-corrected chi connectivity index (χ3v) is 5.36. The standard InChI is InChI=1S/C19H20Cl2N4OS/c1-27-10-9-16(19-23-14-7-2-3-8-15(14)24-19)22-11-17(26)25-18-12(20)5-4-6-13(18)21/h2-8,16,22H,9-11H2,1H3,(H,23,24)(H,25,26)/t16-/m0/s1. The van der Waals surface area contributed by atoms with Gasteiger partial charge in [-0.1, -0.05) is 41.4 Å². The zero-order chi connectivity index (χ0) is 19.2. The van der Waals surface area contributed by atoms with E-state index >= 15 is 0 Å². The minimum absolute atomic E-state index is 0.0580. The molecule has 0 aliphatic heterocycles. The van der Waals surface area contributed by atoms with Crippen LogP contribution in [-0.2, 0) is 4.79 Å². The number of imidazole rings is 1. The number of fused-ring (bicyclic) bond motifs is 1. The molecule has 0 spiro atoms. The Bertz CT molecular complexity index is 878. The Morgan fingerprint density at radius 2 is 1.93 bits per heavy atom. The predicted octanol–water partition coefficient (Wildman–Crippen LogP) is 4.89. The first-order valence-corrected chi connectivity index (χ1v) is 10.6. The number of rotatable bonds is 8. The van der Waals surface area contributed by atoms with Crippen molar-refractivity contribution in [3.8, 4) is 0 Å². The fourth-order valence-corrected chi connectivity index (χ4v) is 3.69. The summed E-state index contributed by atoms with van der Waals surface area (Å²) in [6.45, 7) is 0.123. The van der Waals surface area contributed by atoms with Crippen LogP contribution in [0.1, 0.15) is 18.3 Å². The van der Waals surface area contributed by atoms with E-state index in [9.17, 15) is 4.79 Å². The fraction of sp³-hybridized carbons (Fsp3) is 0.263. The normalized spacial score (nSPS) is 12.3. The van der Waals surface area contributed by atoms with E-state index in [2.05, 4.69) is 26.9 Å². The van der Waals surface area contributed by atoms with Gasteiger partial charge in [-0.05, 0) is 42.7 Å². The van der Waals surface area contributed by atoms with Crippen LogP contribution in [0.3, 0.4) is 0 Å². The second-order valence-corrected chi connectivity index (χ2v) is 7.80. The van der Waals surface area contributed by atoms with Crippen molar-refractivity contribution in [2.75, 3.05) is 23.9 Å². The molecule has 0 saturated heterocycles. The third-order valence-electron chi connectivity index (χ3n) is 4.08. The van der Waals surface area contributed by atoms with Gasteiger partial charge in [-0.15, -0.1) is 0 Å². The maximum absolute atomic E-state index is 12.4. The molecule has 0 unspecified atom stereocenters. The van der Waals surface area contributed by atoms with Crippen LogP contribution in [0.15, 0.2) is 42.5 Å². The van der Waals surface area contributed by atoms with Crippen molar-refractivity contribution in [3.63, 3.8) is 0 Å². The van der Waals surface area contributed by atoms with Crippen molar-refractivity contribution >= 4 is 57.6 Å². The van der Waals surface area contributed by atoms with Gasteiger partial charge in [0.2, 0.25) is 5.91 Å². The highest BCUT2D eigenvalue weighted by Crippen LogP contribution is 2.29. The number of anilines is 1. The first-order chi connectivity index (χ1) is 13.1. The molecule has 2 aromatic carbocycles. The summed E-state index contributed by atoms with van der Waals surface area (Å²) in [6, 6.07) is 12.9. The van der Waals surface area contributed by atoms with Gasteiger partial charge in [0.15, 0.2) is 0 Å². The van der Waals surface area contributed by atoms with Gasteiger partial charge in [-0.2, -0.15) is 11.8 Å². The monoisotopic (exact) mass is 422 g/mol. The molecule has 0 bridgehead atoms. The second kappa shape index (κ2) is 9.46. The van der Waals surface area contributed by atoms with E-state index in [0.29, 0.717) is 15.7 Å². The maximum Gasteiger partial charge on any atom is 0.238 e. The zero-order valence-electron chi connectivity index (χ0n) is 14.8. The molecule has 3 N–H and O–H groups in total. The first kappa shape index (κ1) is 20.0. The summed E-state index contributed by atoms with van der Waals surface area (Å²) in [5, 5.41) is 6.87. The lowest BCUT2D eigenvalue weighted by Crippen LogP contribution is -2.32. The van der Waals surface area contributed by atoms with Crippen LogP contribution in [0.5, 0.6) is 0 Å². The molecule has 3 rings (SSSR count). The molecule has 1 aromatic heterocycles. The Morgan fingerprint density at radius 3 is 2.63 bits per heavy atom. The van der Waals surface area contributed by atoms with Gasteiger partial charge in [0.05, 0.1) is 39.4 Å². The number of amides is 1. The Balaban J connectivity index is 1.68. The molecule has 142 valence electrons. The number of aromatic nitrogens is 2. The van der Waals surface area contributed by atoms with E-state index in [1.165, 1.54) is 0 Å². The lowest BCUT2D eigenvalue weighted by atomic mass is 10.2. The minimum atomic E-state index is -0.213. The predicted molar refractivity (Wildman–Crippen MR) is 115 cm³/mol. The number of aromatic amines is 1. The molecule has 0 aliphatic rings. The van der Waals surface area contributed by atoms with Crippen LogP contribution in [-0.4, -0.2) is 34.4 Å². The number of nitrogens with one attached hydrogen (secondary N) is 3. The molecule has 1 heterocycles. The average molecular weight is 423 g/mol. The summed E-state index contributed by atoms with van der Waals surface area (Å²) in [5.74, 6) is 1.57. The Kier molecular flexibility index (Phi) is 7.01. The Hall–Kier alpha value is -1.73. The number of halogens is 2. The van der Waals surface area contributed by atoms with Gasteiger partial charge >= 0.3 is 0 Å². The van der Waals surface area contributed by atoms with Crippen molar-refractivity contribution < 1.29 is 4.79 Å². The molecular formula is C19H20Cl2N4OS. The van der Waals surface area contributed by atoms with Crippen molar-refractivity contribution in [2.24, 2.45) is 0 Å². The van der Waals surface area contributed by atoms with Gasteiger partial charge in [0.25, 0.3) is 0 Å². The van der Waals surface area contributed by atoms with Crippen molar-refractivity contribution in [3.05, 3.63) is 58.3 Å². The van der Waals surface area contributed by atoms with Gasteiger partial charge < -0.3 is 10.3 Å². The highest BCUT2D eigenvalue weighted by molar-refractivity contribution is 7.98. The van der Waals surface area contributed by atoms with Crippen LogP contribution >= 0.6 is 35.0 Å². The number of benzene rings is 2. The summed E-state index contributed by atoms with van der Waals surface area (Å²) < 4.78 is 0. The molecule has 1 amide bonds. The Labute approximate surface area is 172 Å². The largest absolute Gasteiger partial charge is 0.341 e. The number of carbonyl (C=O) groups is 1. The van der Waals surface area contributed by atoms with Crippen molar-refractivity contribution in [1.29, 1.82) is 0 Å². The molecule has 0 aliphatic carbocycles. The van der Waals surface area contributed by atoms with E-state index in [4.69, 9.17) is 23.2 Å². The van der Waals surface area contributed by atoms with E-state index < -0.39 is 0 Å². The number of H-pyrrole nitrogens is 1. The van der Waals surface area contributed by atoms with Gasteiger partial charge in [0, 0.05) is 0 Å². The van der Waals surface area contributed by atoms with E-state index in [1.807, 2.05) is 24.3 Å². The maximum atomic E-state index is 12.4. The fourth-order valence-electron chi connectivity index (χ4n) is 2.73. The van der Waals surface area contributed by atoms with Crippen LogP contribution < -0.4 is 10.6 Å². The summed E-state index contributed by atoms with van der Waals surface area (Å²) in [4.78, 5) is 20.4. The third kappa shape index (κ3) is 5.17. The van der Waals surface area contributed by atoms with Crippen molar-refractivity contribution in [2.45, 2.75) is 12.5 Å². The van der Waals surface area contributed by atoms with Crippen LogP contribution in [0.2, 0.25) is 10.0 Å². The number of thioether (sulfide) groups is 1. The topological polar surface area (TPSA) is 69.8 Å². The minimum Gasteiger partial charge on any atom is -0.341 e. The number of hydrogen-bond acceptors (Lipinski definition) is 4. The lowest BCUT2D eigenvalue weighted by molar-refractivity contribution is -0.115. The zero-order valence-corrected chi connectivity index (χ0v) is 17.1.